The summed E-state index contributed by atoms with van der Waals surface area (Å²) in [5.74, 6) is -0.348. The quantitative estimate of drug-likeness (QED) is 0.500. The Morgan fingerprint density at radius 1 is 1.71 bits per heavy atom. The first-order valence-electron chi connectivity index (χ1n) is 5.09. The van der Waals surface area contributed by atoms with Gasteiger partial charge in [0.05, 0.1) is 18.1 Å². The molecule has 0 spiro atoms. The minimum atomic E-state index is -0.348. The second kappa shape index (κ2) is 4.60. The van der Waals surface area contributed by atoms with E-state index in [-0.39, 0.29) is 17.5 Å². The van der Waals surface area contributed by atoms with Gasteiger partial charge in [0.15, 0.2) is 0 Å². The maximum Gasteiger partial charge on any atom is 0.330 e. The van der Waals surface area contributed by atoms with E-state index in [1.54, 1.807) is 0 Å². The third kappa shape index (κ3) is 1.98. The number of hydrogen-bond acceptors (Lipinski definition) is 3. The van der Waals surface area contributed by atoms with Gasteiger partial charge in [0.2, 0.25) is 0 Å². The largest absolute Gasteiger partial charge is 0.462 e. The Bertz CT molecular complexity index is 219. The van der Waals surface area contributed by atoms with Crippen molar-refractivity contribution in [3.8, 4) is 0 Å². The van der Waals surface area contributed by atoms with Crippen LogP contribution in [0.1, 0.15) is 26.7 Å². The normalized spacial score (nSPS) is 30.6. The number of esters is 1. The highest BCUT2D eigenvalue weighted by Gasteiger charge is 2.46. The van der Waals surface area contributed by atoms with Gasteiger partial charge in [-0.1, -0.05) is 20.4 Å². The zero-order valence-corrected chi connectivity index (χ0v) is 8.91. The predicted octanol–water partition coefficient (Wildman–Crippen LogP) is 1.92. The first-order chi connectivity index (χ1) is 6.68. The van der Waals surface area contributed by atoms with Crippen molar-refractivity contribution in [3.05, 3.63) is 12.7 Å². The van der Waals surface area contributed by atoms with Gasteiger partial charge in [-0.3, -0.25) is 0 Å². The fraction of sp³-hybridized carbons (Fsp3) is 0.727. The number of ether oxygens (including phenoxy) is 2. The summed E-state index contributed by atoms with van der Waals surface area (Å²) in [6.07, 6.45) is 3.39. The molecule has 0 aromatic carbocycles. The third-order valence-corrected chi connectivity index (χ3v) is 3.00. The highest BCUT2D eigenvalue weighted by molar-refractivity contribution is 5.81. The average Bonchev–Trinajstić information content (AvgIpc) is 2.18. The van der Waals surface area contributed by atoms with Gasteiger partial charge in [0.25, 0.3) is 0 Å². The van der Waals surface area contributed by atoms with Gasteiger partial charge >= 0.3 is 5.97 Å². The summed E-state index contributed by atoms with van der Waals surface area (Å²) in [5.41, 5.74) is 0.0490. The Kier molecular flexibility index (Phi) is 3.69. The minimum absolute atomic E-state index is 0.0490. The summed E-state index contributed by atoms with van der Waals surface area (Å²) >= 11 is 0. The predicted molar refractivity (Wildman–Crippen MR) is 53.9 cm³/mol. The summed E-state index contributed by atoms with van der Waals surface area (Å²) < 4.78 is 10.5. The van der Waals surface area contributed by atoms with Crippen LogP contribution in [-0.2, 0) is 14.3 Å². The standard InChI is InChI=1S/C11H18O3/c1-4-9-11(6-3,7-13-9)8-14-10(12)5-2/h5,9H,2,4,6-8H2,1,3H3. The average molecular weight is 198 g/mol. The number of carbonyl (C=O) groups is 1. The van der Waals surface area contributed by atoms with Crippen LogP contribution in [0.25, 0.3) is 0 Å². The molecule has 0 bridgehead atoms. The number of carbonyl (C=O) groups excluding carboxylic acids is 1. The van der Waals surface area contributed by atoms with E-state index in [1.165, 1.54) is 6.08 Å². The molecule has 0 saturated carbocycles. The van der Waals surface area contributed by atoms with Crippen molar-refractivity contribution in [2.75, 3.05) is 13.2 Å². The Balaban J connectivity index is 2.46. The van der Waals surface area contributed by atoms with E-state index in [4.69, 9.17) is 9.47 Å². The molecule has 0 radical (unpaired) electrons. The van der Waals surface area contributed by atoms with Crippen LogP contribution >= 0.6 is 0 Å². The molecule has 0 aliphatic carbocycles. The first kappa shape index (κ1) is 11.2. The maximum absolute atomic E-state index is 10.9. The lowest BCUT2D eigenvalue weighted by Gasteiger charge is -2.48. The fourth-order valence-corrected chi connectivity index (χ4v) is 1.83. The van der Waals surface area contributed by atoms with E-state index in [1.807, 2.05) is 0 Å². The molecule has 1 aliphatic rings. The highest BCUT2D eigenvalue weighted by Crippen LogP contribution is 2.40. The molecule has 0 N–H and O–H groups in total. The molecule has 0 amide bonds. The molecule has 3 nitrogen and oxygen atoms in total. The van der Waals surface area contributed by atoms with Gasteiger partial charge in [-0.2, -0.15) is 0 Å². The molecular weight excluding hydrogens is 180 g/mol. The number of rotatable bonds is 5. The van der Waals surface area contributed by atoms with Crippen LogP contribution < -0.4 is 0 Å². The molecule has 3 heteroatoms. The van der Waals surface area contributed by atoms with E-state index in [9.17, 15) is 4.79 Å². The van der Waals surface area contributed by atoms with Gasteiger partial charge < -0.3 is 9.47 Å². The molecule has 1 heterocycles. The number of hydrogen-bond donors (Lipinski definition) is 0. The molecule has 0 aromatic heterocycles. The van der Waals surface area contributed by atoms with Crippen LogP contribution in [0, 0.1) is 5.41 Å². The Morgan fingerprint density at radius 3 is 2.79 bits per heavy atom. The Hall–Kier alpha value is -0.830. The van der Waals surface area contributed by atoms with E-state index >= 15 is 0 Å². The molecule has 2 unspecified atom stereocenters. The zero-order valence-electron chi connectivity index (χ0n) is 8.91. The van der Waals surface area contributed by atoms with Crippen molar-refractivity contribution >= 4 is 5.97 Å². The van der Waals surface area contributed by atoms with Crippen molar-refractivity contribution in [1.29, 1.82) is 0 Å². The van der Waals surface area contributed by atoms with Gasteiger partial charge in [-0.25, -0.2) is 4.79 Å². The van der Waals surface area contributed by atoms with Gasteiger partial charge in [-0.15, -0.1) is 0 Å². The lowest BCUT2D eigenvalue weighted by molar-refractivity contribution is -0.213. The minimum Gasteiger partial charge on any atom is -0.462 e. The second-order valence-electron chi connectivity index (χ2n) is 3.74. The lowest BCUT2D eigenvalue weighted by Crippen LogP contribution is -2.54. The third-order valence-electron chi connectivity index (χ3n) is 3.00. The summed E-state index contributed by atoms with van der Waals surface area (Å²) in [6.45, 7) is 8.71. The molecule has 1 rings (SSSR count). The van der Waals surface area contributed by atoms with Crippen LogP contribution in [0.15, 0.2) is 12.7 Å². The van der Waals surface area contributed by atoms with E-state index in [0.717, 1.165) is 12.8 Å². The zero-order chi connectivity index (χ0) is 10.6. The van der Waals surface area contributed by atoms with Crippen molar-refractivity contribution in [2.24, 2.45) is 5.41 Å². The molecule has 14 heavy (non-hydrogen) atoms. The SMILES string of the molecule is C=CC(=O)OCC1(CC)COC1CC. The van der Waals surface area contributed by atoms with Gasteiger partial charge in [-0.05, 0) is 12.8 Å². The summed E-state index contributed by atoms with van der Waals surface area (Å²) in [5, 5.41) is 0. The summed E-state index contributed by atoms with van der Waals surface area (Å²) in [7, 11) is 0. The fourth-order valence-electron chi connectivity index (χ4n) is 1.83. The van der Waals surface area contributed by atoms with E-state index in [2.05, 4.69) is 20.4 Å². The van der Waals surface area contributed by atoms with E-state index < -0.39 is 0 Å². The van der Waals surface area contributed by atoms with Crippen LogP contribution in [-0.4, -0.2) is 25.3 Å². The van der Waals surface area contributed by atoms with Gasteiger partial charge in [0, 0.05) is 6.08 Å². The van der Waals surface area contributed by atoms with Crippen molar-refractivity contribution in [3.63, 3.8) is 0 Å². The van der Waals surface area contributed by atoms with Crippen LogP contribution in [0.5, 0.6) is 0 Å². The topological polar surface area (TPSA) is 35.5 Å². The van der Waals surface area contributed by atoms with Gasteiger partial charge in [0.1, 0.15) is 6.61 Å². The lowest BCUT2D eigenvalue weighted by atomic mass is 9.75. The Labute approximate surface area is 85.1 Å². The monoisotopic (exact) mass is 198 g/mol. The smallest absolute Gasteiger partial charge is 0.330 e. The summed E-state index contributed by atoms with van der Waals surface area (Å²) in [4.78, 5) is 10.9. The Morgan fingerprint density at radius 2 is 2.43 bits per heavy atom. The highest BCUT2D eigenvalue weighted by atomic mass is 16.6. The van der Waals surface area contributed by atoms with Crippen LogP contribution in [0.2, 0.25) is 0 Å². The van der Waals surface area contributed by atoms with Crippen molar-refractivity contribution in [1.82, 2.24) is 0 Å². The maximum atomic E-state index is 10.9. The molecule has 0 aromatic rings. The van der Waals surface area contributed by atoms with Crippen molar-refractivity contribution < 1.29 is 14.3 Å². The molecule has 2 atom stereocenters. The first-order valence-corrected chi connectivity index (χ1v) is 5.09. The second-order valence-corrected chi connectivity index (χ2v) is 3.74. The molecular formula is C11H18O3. The molecule has 1 aliphatic heterocycles. The van der Waals surface area contributed by atoms with Crippen LogP contribution in [0.3, 0.4) is 0 Å². The van der Waals surface area contributed by atoms with Crippen molar-refractivity contribution in [2.45, 2.75) is 32.8 Å². The molecule has 80 valence electrons. The summed E-state index contributed by atoms with van der Waals surface area (Å²) in [6, 6.07) is 0. The van der Waals surface area contributed by atoms with E-state index in [0.29, 0.717) is 13.2 Å². The molecule has 1 saturated heterocycles. The van der Waals surface area contributed by atoms with Crippen LogP contribution in [0.4, 0.5) is 0 Å². The molecule has 1 fully saturated rings.